The first-order chi connectivity index (χ1) is 20.4. The number of anilines is 1. The SMILES string of the molecule is Cc1c(-c2nccc(C(=O)Nc3nc4cc(C5CCN(C6CC6)CC5)ccc4n3[C@H]3CC[C@@H](O)CC3)c2F)cnn1C. The summed E-state index contributed by atoms with van der Waals surface area (Å²) in [6.07, 6.45) is 10.6. The number of benzene rings is 1. The van der Waals surface area contributed by atoms with Gasteiger partial charge in [-0.1, -0.05) is 6.07 Å². The second kappa shape index (κ2) is 10.9. The van der Waals surface area contributed by atoms with Crippen LogP contribution in [0, 0.1) is 12.7 Å². The number of piperidine rings is 1. The quantitative estimate of drug-likeness (QED) is 0.324. The number of aliphatic hydroxyl groups excluding tert-OH is 1. The van der Waals surface area contributed by atoms with Crippen LogP contribution in [0.4, 0.5) is 10.3 Å². The smallest absolute Gasteiger partial charge is 0.261 e. The van der Waals surface area contributed by atoms with Crippen molar-refractivity contribution >= 4 is 22.9 Å². The van der Waals surface area contributed by atoms with E-state index >= 15 is 4.39 Å². The number of carbonyl (C=O) groups excluding carboxylic acids is 1. The van der Waals surface area contributed by atoms with E-state index in [4.69, 9.17) is 4.98 Å². The largest absolute Gasteiger partial charge is 0.393 e. The first-order valence-electron chi connectivity index (χ1n) is 15.3. The fourth-order valence-electron chi connectivity index (χ4n) is 6.89. The van der Waals surface area contributed by atoms with Gasteiger partial charge in [0.1, 0.15) is 5.69 Å². The van der Waals surface area contributed by atoms with Crippen molar-refractivity contribution in [1.29, 1.82) is 0 Å². The zero-order valence-electron chi connectivity index (χ0n) is 24.3. The number of aromatic nitrogens is 5. The maximum Gasteiger partial charge on any atom is 0.261 e. The molecule has 4 aromatic rings. The summed E-state index contributed by atoms with van der Waals surface area (Å²) in [7, 11) is 1.78. The van der Waals surface area contributed by atoms with Crippen LogP contribution in [-0.2, 0) is 7.05 Å². The molecule has 0 unspecified atom stereocenters. The summed E-state index contributed by atoms with van der Waals surface area (Å²) in [5.74, 6) is -0.350. The molecule has 0 atom stereocenters. The number of aryl methyl sites for hydroxylation is 1. The van der Waals surface area contributed by atoms with E-state index in [1.807, 2.05) is 6.92 Å². The summed E-state index contributed by atoms with van der Waals surface area (Å²) >= 11 is 0. The molecule has 3 fully saturated rings. The Kier molecular flexibility index (Phi) is 7.06. The van der Waals surface area contributed by atoms with E-state index in [0.717, 1.165) is 61.5 Å². The van der Waals surface area contributed by atoms with Gasteiger partial charge in [0.15, 0.2) is 5.82 Å². The summed E-state index contributed by atoms with van der Waals surface area (Å²) in [5, 5.41) is 17.3. The summed E-state index contributed by atoms with van der Waals surface area (Å²) in [6, 6.07) is 8.80. The Hall–Kier alpha value is -3.63. The highest BCUT2D eigenvalue weighted by molar-refractivity contribution is 6.05. The fraction of sp³-hybridized carbons (Fsp3) is 0.500. The Bertz CT molecular complexity index is 1630. The maximum absolute atomic E-state index is 15.7. The predicted molar refractivity (Wildman–Crippen MR) is 159 cm³/mol. The van der Waals surface area contributed by atoms with Crippen LogP contribution >= 0.6 is 0 Å². The number of aliphatic hydroxyl groups is 1. The molecule has 1 aliphatic heterocycles. The number of carbonyl (C=O) groups is 1. The van der Waals surface area contributed by atoms with Crippen LogP contribution in [0.15, 0.2) is 36.7 Å². The average molecular weight is 572 g/mol. The van der Waals surface area contributed by atoms with Gasteiger partial charge >= 0.3 is 0 Å². The normalized spacial score (nSPS) is 22.1. The average Bonchev–Trinajstić information content (AvgIpc) is 3.72. The monoisotopic (exact) mass is 571 g/mol. The molecule has 42 heavy (non-hydrogen) atoms. The van der Waals surface area contributed by atoms with Gasteiger partial charge in [-0.05, 0) is 101 Å². The number of fused-ring (bicyclic) bond motifs is 1. The Morgan fingerprint density at radius 2 is 1.76 bits per heavy atom. The van der Waals surface area contributed by atoms with Crippen LogP contribution in [-0.4, -0.2) is 65.5 Å². The third kappa shape index (κ3) is 5.00. The molecule has 1 aromatic carbocycles. The molecule has 0 radical (unpaired) electrons. The minimum Gasteiger partial charge on any atom is -0.393 e. The lowest BCUT2D eigenvalue weighted by molar-refractivity contribution is 0.101. The first kappa shape index (κ1) is 27.2. The van der Waals surface area contributed by atoms with Crippen molar-refractivity contribution in [3.63, 3.8) is 0 Å². The van der Waals surface area contributed by atoms with E-state index in [-0.39, 0.29) is 23.4 Å². The molecule has 2 aliphatic carbocycles. The van der Waals surface area contributed by atoms with E-state index in [2.05, 4.69) is 43.1 Å². The predicted octanol–water partition coefficient (Wildman–Crippen LogP) is 5.35. The van der Waals surface area contributed by atoms with Crippen molar-refractivity contribution < 1.29 is 14.3 Å². The molecule has 7 rings (SSSR count). The van der Waals surface area contributed by atoms with Crippen molar-refractivity contribution in [2.24, 2.45) is 7.05 Å². The topological polar surface area (TPSA) is 101 Å². The lowest BCUT2D eigenvalue weighted by Gasteiger charge is -2.32. The second-order valence-corrected chi connectivity index (χ2v) is 12.3. The van der Waals surface area contributed by atoms with Crippen molar-refractivity contribution in [3.05, 3.63) is 59.3 Å². The summed E-state index contributed by atoms with van der Waals surface area (Å²) in [5.41, 5.74) is 4.39. The Morgan fingerprint density at radius 1 is 1.02 bits per heavy atom. The van der Waals surface area contributed by atoms with Gasteiger partial charge in [0.2, 0.25) is 5.95 Å². The zero-order valence-corrected chi connectivity index (χ0v) is 24.3. The molecule has 220 valence electrons. The van der Waals surface area contributed by atoms with E-state index in [0.29, 0.717) is 30.3 Å². The number of likely N-dealkylation sites (tertiary alicyclic amines) is 1. The Labute approximate surface area is 244 Å². The highest BCUT2D eigenvalue weighted by Crippen LogP contribution is 2.38. The van der Waals surface area contributed by atoms with E-state index in [9.17, 15) is 9.90 Å². The van der Waals surface area contributed by atoms with E-state index in [1.54, 1.807) is 17.9 Å². The van der Waals surface area contributed by atoms with Crippen molar-refractivity contribution in [2.45, 2.75) is 82.4 Å². The number of hydrogen-bond donors (Lipinski definition) is 2. The molecule has 9 nitrogen and oxygen atoms in total. The molecule has 2 saturated carbocycles. The molecule has 0 bridgehead atoms. The summed E-state index contributed by atoms with van der Waals surface area (Å²) in [4.78, 5) is 25.3. The molecular formula is C32H38FN7O2. The van der Waals surface area contributed by atoms with Gasteiger partial charge in [0.05, 0.1) is 28.9 Å². The minimum atomic E-state index is -0.686. The number of rotatable bonds is 6. The van der Waals surface area contributed by atoms with Gasteiger partial charge in [0, 0.05) is 36.6 Å². The molecule has 1 saturated heterocycles. The molecule has 0 spiro atoms. The van der Waals surface area contributed by atoms with E-state index < -0.39 is 11.7 Å². The third-order valence-electron chi connectivity index (χ3n) is 9.66. The van der Waals surface area contributed by atoms with Crippen molar-refractivity contribution in [3.8, 4) is 11.3 Å². The highest BCUT2D eigenvalue weighted by Gasteiger charge is 2.33. The molecular weight excluding hydrogens is 533 g/mol. The van der Waals surface area contributed by atoms with Gasteiger partial charge < -0.3 is 14.6 Å². The molecule has 4 heterocycles. The van der Waals surface area contributed by atoms with Crippen molar-refractivity contribution in [1.82, 2.24) is 29.2 Å². The third-order valence-corrected chi connectivity index (χ3v) is 9.66. The van der Waals surface area contributed by atoms with Gasteiger partial charge in [-0.25, -0.2) is 9.37 Å². The Morgan fingerprint density at radius 3 is 2.45 bits per heavy atom. The van der Waals surface area contributed by atoms with Gasteiger partial charge in [0.25, 0.3) is 5.91 Å². The minimum absolute atomic E-state index is 0.0808. The number of imidazole rings is 1. The van der Waals surface area contributed by atoms with Crippen LogP contribution in [0.25, 0.3) is 22.3 Å². The van der Waals surface area contributed by atoms with Gasteiger partial charge in [-0.2, -0.15) is 5.10 Å². The number of nitrogens with one attached hydrogen (secondary N) is 1. The van der Waals surface area contributed by atoms with Crippen LogP contribution < -0.4 is 5.32 Å². The van der Waals surface area contributed by atoms with Crippen LogP contribution in [0.2, 0.25) is 0 Å². The molecule has 10 heteroatoms. The summed E-state index contributed by atoms with van der Waals surface area (Å²) in [6.45, 7) is 4.13. The lowest BCUT2D eigenvalue weighted by atomic mass is 9.89. The van der Waals surface area contributed by atoms with Gasteiger partial charge in [-0.15, -0.1) is 0 Å². The number of nitrogens with zero attached hydrogens (tertiary/aromatic N) is 6. The molecule has 2 N–H and O–H groups in total. The second-order valence-electron chi connectivity index (χ2n) is 12.3. The number of halogens is 1. The standard InChI is InChI=1S/C32H38FN7O2/c1-19-26(18-35-38(19)2)30-29(33)25(11-14-34-30)31(42)37-32-36-27-17-21(20-12-15-39(16-13-20)22-4-5-22)3-10-28(27)40(32)23-6-8-24(41)9-7-23/h3,10-11,14,17-18,20,22-24,41H,4-9,12-13,15-16H2,1-2H3,(H,36,37,42)/t23-,24+. The maximum atomic E-state index is 15.7. The zero-order chi connectivity index (χ0) is 29.0. The van der Waals surface area contributed by atoms with E-state index in [1.165, 1.54) is 30.7 Å². The molecule has 3 aliphatic rings. The molecule has 1 amide bonds. The first-order valence-corrected chi connectivity index (χ1v) is 15.3. The fourth-order valence-corrected chi connectivity index (χ4v) is 6.89. The van der Waals surface area contributed by atoms with Gasteiger partial charge in [-0.3, -0.25) is 19.8 Å². The summed E-state index contributed by atoms with van der Waals surface area (Å²) < 4.78 is 19.5. The Balaban J connectivity index is 1.20. The molecule has 3 aromatic heterocycles. The lowest BCUT2D eigenvalue weighted by Crippen LogP contribution is -2.34. The van der Waals surface area contributed by atoms with Crippen LogP contribution in [0.1, 0.15) is 84.9 Å². The number of amides is 1. The van der Waals surface area contributed by atoms with Crippen LogP contribution in [0.3, 0.4) is 0 Å². The number of hydrogen-bond acceptors (Lipinski definition) is 6. The highest BCUT2D eigenvalue weighted by atomic mass is 19.1. The van der Waals surface area contributed by atoms with Crippen molar-refractivity contribution in [2.75, 3.05) is 18.4 Å². The van der Waals surface area contributed by atoms with Crippen LogP contribution in [0.5, 0.6) is 0 Å². The number of pyridine rings is 1.